The van der Waals surface area contributed by atoms with Gasteiger partial charge in [0.25, 0.3) is 0 Å². The minimum absolute atomic E-state index is 0.102. The molecule has 1 saturated carbocycles. The fourth-order valence-electron chi connectivity index (χ4n) is 2.38. The first kappa shape index (κ1) is 13.2. The minimum atomic E-state index is -0.409. The van der Waals surface area contributed by atoms with E-state index in [1.807, 2.05) is 6.07 Å². The Labute approximate surface area is 112 Å². The highest BCUT2D eigenvalue weighted by molar-refractivity contribution is 6.35. The van der Waals surface area contributed by atoms with Gasteiger partial charge in [-0.2, -0.15) is 0 Å². The summed E-state index contributed by atoms with van der Waals surface area (Å²) in [6.07, 6.45) is 0.664. The number of hydrogen-bond acceptors (Lipinski definition) is 2. The topological polar surface area (TPSA) is 46.2 Å². The van der Waals surface area contributed by atoms with E-state index >= 15 is 0 Å². The second-order valence-corrected chi connectivity index (χ2v) is 5.72. The summed E-state index contributed by atoms with van der Waals surface area (Å²) >= 11 is 12.0. The molecule has 0 aromatic heterocycles. The van der Waals surface area contributed by atoms with Gasteiger partial charge in [0, 0.05) is 22.5 Å². The van der Waals surface area contributed by atoms with Crippen LogP contribution in [-0.2, 0) is 0 Å². The number of hydrogen-bond donors (Lipinski definition) is 2. The fraction of sp³-hybridized carbons (Fsp3) is 0.538. The number of rotatable bonds is 4. The Morgan fingerprint density at radius 2 is 2.12 bits per heavy atom. The molecular weight excluding hydrogens is 257 g/mol. The lowest BCUT2D eigenvalue weighted by atomic mass is 9.90. The number of aliphatic hydroxyl groups is 1. The molecule has 1 fully saturated rings. The first-order valence-corrected chi connectivity index (χ1v) is 6.63. The van der Waals surface area contributed by atoms with E-state index in [1.165, 1.54) is 0 Å². The maximum Gasteiger partial charge on any atom is 0.0652 e. The Kier molecular flexibility index (Phi) is 3.99. The normalized spacial score (nSPS) is 26.6. The van der Waals surface area contributed by atoms with E-state index in [0.29, 0.717) is 28.4 Å². The van der Waals surface area contributed by atoms with Crippen LogP contribution in [0.5, 0.6) is 0 Å². The zero-order valence-corrected chi connectivity index (χ0v) is 11.2. The van der Waals surface area contributed by atoms with Gasteiger partial charge in [-0.3, -0.25) is 0 Å². The van der Waals surface area contributed by atoms with Crippen molar-refractivity contribution in [1.82, 2.24) is 0 Å². The highest BCUT2D eigenvalue weighted by Crippen LogP contribution is 2.45. The zero-order chi connectivity index (χ0) is 12.6. The predicted molar refractivity (Wildman–Crippen MR) is 71.5 cm³/mol. The molecule has 4 heteroatoms. The lowest BCUT2D eigenvalue weighted by molar-refractivity contribution is 0.118. The van der Waals surface area contributed by atoms with E-state index in [4.69, 9.17) is 28.9 Å². The molecule has 1 aromatic carbocycles. The van der Waals surface area contributed by atoms with Gasteiger partial charge in [0.05, 0.1) is 6.10 Å². The largest absolute Gasteiger partial charge is 0.392 e. The van der Waals surface area contributed by atoms with Crippen LogP contribution in [0.3, 0.4) is 0 Å². The molecule has 3 N–H and O–H groups in total. The first-order valence-electron chi connectivity index (χ1n) is 5.87. The monoisotopic (exact) mass is 273 g/mol. The average Bonchev–Trinajstić information content (AvgIpc) is 2.99. The van der Waals surface area contributed by atoms with E-state index in [1.54, 1.807) is 12.1 Å². The molecular formula is C13H17Cl2NO. The second-order valence-electron chi connectivity index (χ2n) is 4.88. The third-order valence-corrected chi connectivity index (χ3v) is 4.20. The SMILES string of the molecule is CC1CC1C(O)C(CN)c1ccc(Cl)cc1Cl. The molecule has 17 heavy (non-hydrogen) atoms. The van der Waals surface area contributed by atoms with Gasteiger partial charge in [0.1, 0.15) is 0 Å². The van der Waals surface area contributed by atoms with E-state index in [0.717, 1.165) is 12.0 Å². The molecule has 0 heterocycles. The van der Waals surface area contributed by atoms with Crippen LogP contribution in [0.15, 0.2) is 18.2 Å². The molecule has 4 unspecified atom stereocenters. The lowest BCUT2D eigenvalue weighted by Crippen LogP contribution is -2.28. The van der Waals surface area contributed by atoms with Crippen molar-refractivity contribution in [3.8, 4) is 0 Å². The van der Waals surface area contributed by atoms with E-state index < -0.39 is 6.10 Å². The lowest BCUT2D eigenvalue weighted by Gasteiger charge is -2.23. The van der Waals surface area contributed by atoms with Gasteiger partial charge < -0.3 is 10.8 Å². The third kappa shape index (κ3) is 2.76. The zero-order valence-electron chi connectivity index (χ0n) is 9.74. The predicted octanol–water partition coefficient (Wildman–Crippen LogP) is 3.05. The average molecular weight is 274 g/mol. The van der Waals surface area contributed by atoms with Crippen molar-refractivity contribution in [3.63, 3.8) is 0 Å². The van der Waals surface area contributed by atoms with Crippen LogP contribution in [0.2, 0.25) is 10.0 Å². The van der Waals surface area contributed by atoms with Crippen molar-refractivity contribution in [2.75, 3.05) is 6.54 Å². The molecule has 1 aliphatic carbocycles. The summed E-state index contributed by atoms with van der Waals surface area (Å²) in [5, 5.41) is 11.5. The maximum atomic E-state index is 10.3. The molecule has 94 valence electrons. The quantitative estimate of drug-likeness (QED) is 0.886. The van der Waals surface area contributed by atoms with Crippen molar-refractivity contribution in [2.45, 2.75) is 25.4 Å². The van der Waals surface area contributed by atoms with Crippen LogP contribution in [0.25, 0.3) is 0 Å². The molecule has 1 aromatic rings. The summed E-state index contributed by atoms with van der Waals surface area (Å²) in [7, 11) is 0. The van der Waals surface area contributed by atoms with E-state index in [9.17, 15) is 5.11 Å². The molecule has 1 aliphatic rings. The van der Waals surface area contributed by atoms with E-state index in [-0.39, 0.29) is 5.92 Å². The Morgan fingerprint density at radius 1 is 1.47 bits per heavy atom. The summed E-state index contributed by atoms with van der Waals surface area (Å²) in [6, 6.07) is 5.34. The molecule has 0 radical (unpaired) electrons. The molecule has 0 saturated heterocycles. The highest BCUT2D eigenvalue weighted by Gasteiger charge is 2.42. The van der Waals surface area contributed by atoms with Crippen LogP contribution < -0.4 is 5.73 Å². The van der Waals surface area contributed by atoms with Crippen molar-refractivity contribution in [3.05, 3.63) is 33.8 Å². The van der Waals surface area contributed by atoms with Crippen molar-refractivity contribution in [1.29, 1.82) is 0 Å². The maximum absolute atomic E-state index is 10.3. The number of nitrogens with two attached hydrogens (primary N) is 1. The first-order chi connectivity index (χ1) is 8.04. The summed E-state index contributed by atoms with van der Waals surface area (Å²) in [5.74, 6) is 0.843. The molecule has 0 spiro atoms. The van der Waals surface area contributed by atoms with Crippen LogP contribution in [0.1, 0.15) is 24.8 Å². The van der Waals surface area contributed by atoms with Gasteiger partial charge in [0.15, 0.2) is 0 Å². The molecule has 0 amide bonds. The molecule has 0 aliphatic heterocycles. The Balaban J connectivity index is 2.22. The van der Waals surface area contributed by atoms with Gasteiger partial charge in [0.2, 0.25) is 0 Å². The standard InChI is InChI=1S/C13H17Cl2NO/c1-7-4-10(7)13(17)11(6-16)9-3-2-8(14)5-12(9)15/h2-3,5,7,10-11,13,17H,4,6,16H2,1H3. The van der Waals surface area contributed by atoms with Gasteiger partial charge in [-0.05, 0) is 36.0 Å². The summed E-state index contributed by atoms with van der Waals surface area (Å²) in [4.78, 5) is 0. The summed E-state index contributed by atoms with van der Waals surface area (Å²) in [5.41, 5.74) is 6.67. The van der Waals surface area contributed by atoms with Gasteiger partial charge in [-0.25, -0.2) is 0 Å². The summed E-state index contributed by atoms with van der Waals surface area (Å²) in [6.45, 7) is 2.54. The fourth-order valence-corrected chi connectivity index (χ4v) is 2.93. The van der Waals surface area contributed by atoms with Crippen LogP contribution in [-0.4, -0.2) is 17.8 Å². The highest BCUT2D eigenvalue weighted by atomic mass is 35.5. The van der Waals surface area contributed by atoms with Crippen LogP contribution >= 0.6 is 23.2 Å². The van der Waals surface area contributed by atoms with E-state index in [2.05, 4.69) is 6.92 Å². The molecule has 0 bridgehead atoms. The smallest absolute Gasteiger partial charge is 0.0652 e. The number of halogens is 2. The molecule has 2 rings (SSSR count). The Morgan fingerprint density at radius 3 is 2.59 bits per heavy atom. The van der Waals surface area contributed by atoms with Crippen molar-refractivity contribution >= 4 is 23.2 Å². The van der Waals surface area contributed by atoms with Crippen LogP contribution in [0.4, 0.5) is 0 Å². The third-order valence-electron chi connectivity index (χ3n) is 3.64. The Bertz CT molecular complexity index is 410. The van der Waals surface area contributed by atoms with Gasteiger partial charge in [-0.15, -0.1) is 0 Å². The summed E-state index contributed by atoms with van der Waals surface area (Å²) < 4.78 is 0. The second kappa shape index (κ2) is 5.15. The molecule has 2 nitrogen and oxygen atoms in total. The van der Waals surface area contributed by atoms with Crippen molar-refractivity contribution < 1.29 is 5.11 Å². The van der Waals surface area contributed by atoms with Crippen molar-refractivity contribution in [2.24, 2.45) is 17.6 Å². The molecule has 4 atom stereocenters. The van der Waals surface area contributed by atoms with Gasteiger partial charge in [-0.1, -0.05) is 36.2 Å². The van der Waals surface area contributed by atoms with Gasteiger partial charge >= 0.3 is 0 Å². The van der Waals surface area contributed by atoms with Crippen LogP contribution in [0, 0.1) is 11.8 Å². The number of aliphatic hydroxyl groups excluding tert-OH is 1. The minimum Gasteiger partial charge on any atom is -0.392 e. The number of benzene rings is 1. The Hall–Kier alpha value is -0.280.